The highest BCUT2D eigenvalue weighted by atomic mass is 16.5. The van der Waals surface area contributed by atoms with Gasteiger partial charge in [0.25, 0.3) is 0 Å². The summed E-state index contributed by atoms with van der Waals surface area (Å²) >= 11 is 0. The molecule has 100 valence electrons. The number of nitrogens with one attached hydrogen (secondary N) is 1. The molecule has 0 aromatic carbocycles. The number of hydrogen-bond donors (Lipinski definition) is 1. The summed E-state index contributed by atoms with van der Waals surface area (Å²) in [5, 5.41) is 3.52. The van der Waals surface area contributed by atoms with Crippen molar-refractivity contribution in [3.05, 3.63) is 0 Å². The minimum absolute atomic E-state index is 0.164. The van der Waals surface area contributed by atoms with Gasteiger partial charge in [0.15, 0.2) is 0 Å². The normalized spacial score (nSPS) is 35.3. The Morgan fingerprint density at radius 2 is 1.76 bits per heavy atom. The standard InChI is InChI=1S/C15H29NO/c1-3-16-12-15(10-8-13(2)9-11-15)17-14-6-4-5-7-14/h13-14,16H,3-12H2,1-2H3. The SMILES string of the molecule is CCNCC1(OC2CCCC2)CCC(C)CC1. The van der Waals surface area contributed by atoms with Gasteiger partial charge in [-0.3, -0.25) is 0 Å². The number of likely N-dealkylation sites (N-methyl/N-ethyl adjacent to an activating group) is 1. The van der Waals surface area contributed by atoms with E-state index in [0.717, 1.165) is 19.0 Å². The zero-order valence-corrected chi connectivity index (χ0v) is 11.6. The van der Waals surface area contributed by atoms with Gasteiger partial charge in [-0.1, -0.05) is 26.7 Å². The van der Waals surface area contributed by atoms with Crippen molar-refractivity contribution in [1.29, 1.82) is 0 Å². The van der Waals surface area contributed by atoms with Crippen molar-refractivity contribution in [3.63, 3.8) is 0 Å². The number of ether oxygens (including phenoxy) is 1. The first-order valence-electron chi connectivity index (χ1n) is 7.63. The summed E-state index contributed by atoms with van der Waals surface area (Å²) in [6, 6.07) is 0. The Balaban J connectivity index is 1.91. The summed E-state index contributed by atoms with van der Waals surface area (Å²) in [5.41, 5.74) is 0.164. The molecule has 0 heterocycles. The average molecular weight is 239 g/mol. The first-order chi connectivity index (χ1) is 8.24. The fraction of sp³-hybridized carbons (Fsp3) is 1.00. The van der Waals surface area contributed by atoms with Crippen molar-refractivity contribution in [2.75, 3.05) is 13.1 Å². The maximum absolute atomic E-state index is 6.53. The molecule has 2 rings (SSSR count). The molecule has 0 atom stereocenters. The molecule has 0 spiro atoms. The molecule has 0 unspecified atom stereocenters. The predicted molar refractivity (Wildman–Crippen MR) is 72.2 cm³/mol. The molecule has 2 fully saturated rings. The highest BCUT2D eigenvalue weighted by molar-refractivity contribution is 4.90. The second kappa shape index (κ2) is 6.19. The third-order valence-electron chi connectivity index (χ3n) is 4.60. The van der Waals surface area contributed by atoms with Crippen LogP contribution >= 0.6 is 0 Å². The summed E-state index contributed by atoms with van der Waals surface area (Å²) in [4.78, 5) is 0. The van der Waals surface area contributed by atoms with Crippen LogP contribution in [-0.4, -0.2) is 24.8 Å². The lowest BCUT2D eigenvalue weighted by atomic mass is 9.79. The molecular weight excluding hydrogens is 210 g/mol. The van der Waals surface area contributed by atoms with Crippen molar-refractivity contribution in [1.82, 2.24) is 5.32 Å². The van der Waals surface area contributed by atoms with Crippen molar-refractivity contribution in [2.45, 2.75) is 76.9 Å². The van der Waals surface area contributed by atoms with Crippen molar-refractivity contribution in [2.24, 2.45) is 5.92 Å². The fourth-order valence-corrected chi connectivity index (χ4v) is 3.34. The molecule has 0 aliphatic heterocycles. The van der Waals surface area contributed by atoms with E-state index in [2.05, 4.69) is 19.2 Å². The van der Waals surface area contributed by atoms with Crippen LogP contribution in [0.25, 0.3) is 0 Å². The third kappa shape index (κ3) is 3.69. The first-order valence-corrected chi connectivity index (χ1v) is 7.63. The lowest BCUT2D eigenvalue weighted by Crippen LogP contribution is -2.47. The van der Waals surface area contributed by atoms with Crippen LogP contribution in [0.1, 0.15) is 65.2 Å². The molecule has 2 aliphatic rings. The van der Waals surface area contributed by atoms with Gasteiger partial charge in [0.2, 0.25) is 0 Å². The Bertz CT molecular complexity index is 209. The molecule has 0 aromatic heterocycles. The van der Waals surface area contributed by atoms with Crippen LogP contribution in [0.2, 0.25) is 0 Å². The molecular formula is C15H29NO. The van der Waals surface area contributed by atoms with Crippen LogP contribution in [0.15, 0.2) is 0 Å². The first kappa shape index (κ1) is 13.4. The molecule has 0 radical (unpaired) electrons. The maximum atomic E-state index is 6.53. The topological polar surface area (TPSA) is 21.3 Å². The van der Waals surface area contributed by atoms with Gasteiger partial charge in [-0.15, -0.1) is 0 Å². The van der Waals surface area contributed by atoms with Crippen molar-refractivity contribution in [3.8, 4) is 0 Å². The molecule has 0 aromatic rings. The van der Waals surface area contributed by atoms with E-state index in [4.69, 9.17) is 4.74 Å². The Kier molecular flexibility index (Phi) is 4.87. The van der Waals surface area contributed by atoms with Gasteiger partial charge in [-0.05, 0) is 51.0 Å². The fourth-order valence-electron chi connectivity index (χ4n) is 3.34. The molecule has 1 N–H and O–H groups in total. The van der Waals surface area contributed by atoms with Gasteiger partial charge >= 0.3 is 0 Å². The van der Waals surface area contributed by atoms with E-state index < -0.39 is 0 Å². The maximum Gasteiger partial charge on any atom is 0.0810 e. The molecule has 2 aliphatic carbocycles. The quantitative estimate of drug-likeness (QED) is 0.793. The zero-order valence-electron chi connectivity index (χ0n) is 11.6. The highest BCUT2D eigenvalue weighted by Crippen LogP contribution is 2.37. The van der Waals surface area contributed by atoms with E-state index in [1.54, 1.807) is 0 Å². The van der Waals surface area contributed by atoms with E-state index in [-0.39, 0.29) is 5.60 Å². The Morgan fingerprint density at radius 3 is 2.35 bits per heavy atom. The molecule has 2 nitrogen and oxygen atoms in total. The molecule has 17 heavy (non-hydrogen) atoms. The highest BCUT2D eigenvalue weighted by Gasteiger charge is 2.37. The van der Waals surface area contributed by atoms with Crippen LogP contribution in [0.3, 0.4) is 0 Å². The van der Waals surface area contributed by atoms with E-state index in [0.29, 0.717) is 6.10 Å². The summed E-state index contributed by atoms with van der Waals surface area (Å²) in [7, 11) is 0. The second-order valence-electron chi connectivity index (χ2n) is 6.17. The van der Waals surface area contributed by atoms with E-state index in [1.165, 1.54) is 51.4 Å². The summed E-state index contributed by atoms with van der Waals surface area (Å²) < 4.78 is 6.53. The average Bonchev–Trinajstić information content (AvgIpc) is 2.83. The largest absolute Gasteiger partial charge is 0.370 e. The molecule has 2 saturated carbocycles. The third-order valence-corrected chi connectivity index (χ3v) is 4.60. The monoisotopic (exact) mass is 239 g/mol. The van der Waals surface area contributed by atoms with Crippen molar-refractivity contribution >= 4 is 0 Å². The zero-order chi connectivity index (χ0) is 12.1. The van der Waals surface area contributed by atoms with Gasteiger partial charge in [-0.25, -0.2) is 0 Å². The van der Waals surface area contributed by atoms with Crippen LogP contribution in [0, 0.1) is 5.92 Å². The lowest BCUT2D eigenvalue weighted by molar-refractivity contribution is -0.114. The minimum Gasteiger partial charge on any atom is -0.370 e. The van der Waals surface area contributed by atoms with Gasteiger partial charge in [0.1, 0.15) is 0 Å². The Morgan fingerprint density at radius 1 is 1.12 bits per heavy atom. The number of hydrogen-bond acceptors (Lipinski definition) is 2. The minimum atomic E-state index is 0.164. The van der Waals surface area contributed by atoms with Gasteiger partial charge in [-0.2, -0.15) is 0 Å². The van der Waals surface area contributed by atoms with Crippen LogP contribution in [0.5, 0.6) is 0 Å². The smallest absolute Gasteiger partial charge is 0.0810 e. The Hall–Kier alpha value is -0.0800. The lowest BCUT2D eigenvalue weighted by Gasteiger charge is -2.41. The van der Waals surface area contributed by atoms with E-state index in [1.807, 2.05) is 0 Å². The predicted octanol–water partition coefficient (Wildman–Crippen LogP) is 3.50. The van der Waals surface area contributed by atoms with E-state index >= 15 is 0 Å². The molecule has 2 heteroatoms. The summed E-state index contributed by atoms with van der Waals surface area (Å²) in [6.45, 7) is 6.69. The number of rotatable bonds is 5. The van der Waals surface area contributed by atoms with E-state index in [9.17, 15) is 0 Å². The van der Waals surface area contributed by atoms with Gasteiger partial charge in [0.05, 0.1) is 11.7 Å². The summed E-state index contributed by atoms with van der Waals surface area (Å²) in [5.74, 6) is 0.900. The summed E-state index contributed by atoms with van der Waals surface area (Å²) in [6.07, 6.45) is 11.1. The Labute approximate surface area is 107 Å². The van der Waals surface area contributed by atoms with Gasteiger partial charge in [0, 0.05) is 6.54 Å². The van der Waals surface area contributed by atoms with Crippen LogP contribution in [-0.2, 0) is 4.74 Å². The molecule has 0 bridgehead atoms. The van der Waals surface area contributed by atoms with Gasteiger partial charge < -0.3 is 10.1 Å². The van der Waals surface area contributed by atoms with Crippen molar-refractivity contribution < 1.29 is 4.74 Å². The van der Waals surface area contributed by atoms with Crippen LogP contribution < -0.4 is 5.32 Å². The van der Waals surface area contributed by atoms with Crippen LogP contribution in [0.4, 0.5) is 0 Å². The molecule has 0 saturated heterocycles. The molecule has 0 amide bonds. The second-order valence-corrected chi connectivity index (χ2v) is 6.17.